The molecule has 2 fully saturated rings. The number of aliphatic hydroxyl groups is 1. The van der Waals surface area contributed by atoms with Gasteiger partial charge in [0.15, 0.2) is 5.83 Å². The van der Waals surface area contributed by atoms with Gasteiger partial charge in [-0.3, -0.25) is 14.5 Å². The van der Waals surface area contributed by atoms with Crippen LogP contribution >= 0.6 is 0 Å². The third kappa shape index (κ3) is 6.86. The summed E-state index contributed by atoms with van der Waals surface area (Å²) in [5, 5.41) is 25.4. The van der Waals surface area contributed by atoms with Gasteiger partial charge in [0.1, 0.15) is 5.69 Å². The fourth-order valence-electron chi connectivity index (χ4n) is 7.60. The molecule has 48 heavy (non-hydrogen) atoms. The summed E-state index contributed by atoms with van der Waals surface area (Å²) in [6.07, 6.45) is 1.43. The Morgan fingerprint density at radius 3 is 2.65 bits per heavy atom. The van der Waals surface area contributed by atoms with E-state index in [9.17, 15) is 24.3 Å². The first-order valence-corrected chi connectivity index (χ1v) is 16.7. The molecule has 0 spiro atoms. The molecule has 0 bridgehead atoms. The number of anilines is 2. The van der Waals surface area contributed by atoms with Crippen LogP contribution in [-0.4, -0.2) is 95.2 Å². The lowest BCUT2D eigenvalue weighted by molar-refractivity contribution is -0.131. The predicted octanol–water partition coefficient (Wildman–Crippen LogP) is 4.10. The Morgan fingerprint density at radius 1 is 1.17 bits per heavy atom. The molecule has 2 amide bonds. The van der Waals surface area contributed by atoms with Crippen LogP contribution in [0.3, 0.4) is 0 Å². The largest absolute Gasteiger partial charge is 0.389 e. The van der Waals surface area contributed by atoms with Crippen LogP contribution in [0.4, 0.5) is 15.8 Å². The van der Waals surface area contributed by atoms with Gasteiger partial charge in [-0.1, -0.05) is 36.9 Å². The average molecular weight is 654 g/mol. The molecule has 252 valence electrons. The number of piperazine rings is 1. The minimum Gasteiger partial charge on any atom is -0.389 e. The number of rotatable bonds is 8. The number of halogens is 1. The Morgan fingerprint density at radius 2 is 1.94 bits per heavy atom. The van der Waals surface area contributed by atoms with E-state index in [0.29, 0.717) is 51.3 Å². The number of hydrogen-bond acceptors (Lipinski definition) is 8. The number of carbonyl (C=O) groups is 2. The first kappa shape index (κ1) is 33.4. The number of aromatic nitrogens is 1. The Bertz CT molecular complexity index is 1780. The second-order valence-electron chi connectivity index (χ2n) is 13.8. The highest BCUT2D eigenvalue weighted by Crippen LogP contribution is 2.36. The lowest BCUT2D eigenvalue weighted by Gasteiger charge is -2.43. The summed E-state index contributed by atoms with van der Waals surface area (Å²) in [5.74, 6) is -2.12. The maximum absolute atomic E-state index is 13.9. The molecule has 2 N–H and O–H groups in total. The SMILES string of the molecule is C=C(F)C(=O)N1CCN(c2cc(C(=O)N[C@H](C)CN3CC[C@](C)(O)C3)nc3c2CCN(c2cccc4cccc(C)c24)C3)C[C@@H]1CC#N. The first-order chi connectivity index (χ1) is 22.9. The average Bonchev–Trinajstić information content (AvgIpc) is 3.40. The van der Waals surface area contributed by atoms with Crippen molar-refractivity contribution in [2.24, 2.45) is 0 Å². The summed E-state index contributed by atoms with van der Waals surface area (Å²) < 4.78 is 13.9. The van der Waals surface area contributed by atoms with Crippen molar-refractivity contribution >= 4 is 34.0 Å². The van der Waals surface area contributed by atoms with Crippen LogP contribution in [0.1, 0.15) is 54.0 Å². The lowest BCUT2D eigenvalue weighted by atomic mass is 9.97. The Balaban J connectivity index is 1.32. The van der Waals surface area contributed by atoms with Crippen molar-refractivity contribution in [2.45, 2.75) is 64.3 Å². The highest BCUT2D eigenvalue weighted by molar-refractivity contribution is 5.97. The number of amides is 2. The molecule has 11 heteroatoms. The van der Waals surface area contributed by atoms with Crippen molar-refractivity contribution < 1.29 is 19.1 Å². The van der Waals surface area contributed by atoms with Crippen LogP contribution in [0, 0.1) is 18.3 Å². The van der Waals surface area contributed by atoms with E-state index in [1.54, 1.807) is 0 Å². The number of fused-ring (bicyclic) bond motifs is 2. The van der Waals surface area contributed by atoms with Gasteiger partial charge in [-0.25, -0.2) is 9.37 Å². The molecule has 3 aliphatic rings. The molecule has 4 heterocycles. The fraction of sp³-hybridized carbons (Fsp3) is 0.459. The molecule has 3 atom stereocenters. The lowest BCUT2D eigenvalue weighted by Crippen LogP contribution is -2.55. The normalized spacial score (nSPS) is 21.9. The highest BCUT2D eigenvalue weighted by atomic mass is 19.1. The van der Waals surface area contributed by atoms with Crippen LogP contribution in [0.15, 0.2) is 54.9 Å². The van der Waals surface area contributed by atoms with E-state index in [0.717, 1.165) is 35.7 Å². The van der Waals surface area contributed by atoms with Crippen LogP contribution in [0.25, 0.3) is 10.8 Å². The van der Waals surface area contributed by atoms with Crippen LogP contribution in [0.2, 0.25) is 0 Å². The summed E-state index contributed by atoms with van der Waals surface area (Å²) >= 11 is 0. The third-order valence-electron chi connectivity index (χ3n) is 9.91. The van der Waals surface area contributed by atoms with E-state index in [2.05, 4.69) is 76.0 Å². The second kappa shape index (κ2) is 13.5. The Kier molecular flexibility index (Phi) is 9.41. The van der Waals surface area contributed by atoms with Gasteiger partial charge in [-0.15, -0.1) is 0 Å². The number of benzene rings is 2. The first-order valence-electron chi connectivity index (χ1n) is 16.7. The third-order valence-corrected chi connectivity index (χ3v) is 9.91. The molecular formula is C37H44FN7O3. The highest BCUT2D eigenvalue weighted by Gasteiger charge is 2.35. The van der Waals surface area contributed by atoms with Gasteiger partial charge in [-0.05, 0) is 56.7 Å². The number of carbonyl (C=O) groups excluding carboxylic acids is 2. The van der Waals surface area contributed by atoms with E-state index in [1.807, 2.05) is 19.9 Å². The summed E-state index contributed by atoms with van der Waals surface area (Å²) in [5.41, 5.74) is 4.60. The summed E-state index contributed by atoms with van der Waals surface area (Å²) in [7, 11) is 0. The number of nitrogens with zero attached hydrogens (tertiary/aromatic N) is 6. The fourth-order valence-corrected chi connectivity index (χ4v) is 7.60. The molecule has 1 aromatic heterocycles. The number of likely N-dealkylation sites (tertiary alicyclic amines) is 1. The second-order valence-corrected chi connectivity index (χ2v) is 13.8. The Hall–Kier alpha value is -4.53. The number of nitrogens with one attached hydrogen (secondary N) is 1. The topological polar surface area (TPSA) is 116 Å². The van der Waals surface area contributed by atoms with Gasteiger partial charge in [0, 0.05) is 74.2 Å². The molecule has 2 saturated heterocycles. The zero-order chi connectivity index (χ0) is 34.2. The molecule has 0 unspecified atom stereocenters. The maximum atomic E-state index is 13.9. The van der Waals surface area contributed by atoms with Gasteiger partial charge < -0.3 is 25.1 Å². The number of aryl methyl sites for hydroxylation is 1. The quantitative estimate of drug-likeness (QED) is 0.350. The summed E-state index contributed by atoms with van der Waals surface area (Å²) in [6.45, 7) is 13.3. The monoisotopic (exact) mass is 653 g/mol. The molecule has 0 saturated carbocycles. The molecule has 0 aliphatic carbocycles. The number of pyridine rings is 1. The molecule has 6 rings (SSSR count). The van der Waals surface area contributed by atoms with Crippen LogP contribution < -0.4 is 15.1 Å². The van der Waals surface area contributed by atoms with Crippen molar-refractivity contribution in [1.82, 2.24) is 20.1 Å². The number of nitriles is 1. The molecular weight excluding hydrogens is 609 g/mol. The van der Waals surface area contributed by atoms with Crippen molar-refractivity contribution in [2.75, 3.05) is 55.6 Å². The summed E-state index contributed by atoms with van der Waals surface area (Å²) in [6, 6.07) is 15.9. The van der Waals surface area contributed by atoms with E-state index in [1.165, 1.54) is 21.2 Å². The van der Waals surface area contributed by atoms with Crippen LogP contribution in [-0.2, 0) is 17.8 Å². The molecule has 10 nitrogen and oxygen atoms in total. The molecule has 3 aliphatic heterocycles. The molecule has 3 aromatic rings. The maximum Gasteiger partial charge on any atom is 0.282 e. The number of hydrogen-bond donors (Lipinski definition) is 2. The van der Waals surface area contributed by atoms with Crippen molar-refractivity contribution in [3.63, 3.8) is 0 Å². The van der Waals surface area contributed by atoms with Gasteiger partial charge in [0.05, 0.1) is 36.4 Å². The molecule has 0 radical (unpaired) electrons. The van der Waals surface area contributed by atoms with Crippen molar-refractivity contribution in [1.29, 1.82) is 5.26 Å². The smallest absolute Gasteiger partial charge is 0.282 e. The van der Waals surface area contributed by atoms with Gasteiger partial charge in [0.25, 0.3) is 11.8 Å². The van der Waals surface area contributed by atoms with Crippen molar-refractivity contribution in [3.8, 4) is 6.07 Å². The van der Waals surface area contributed by atoms with Gasteiger partial charge >= 0.3 is 0 Å². The minimum atomic E-state index is -1.04. The summed E-state index contributed by atoms with van der Waals surface area (Å²) in [4.78, 5) is 39.3. The predicted molar refractivity (Wildman–Crippen MR) is 184 cm³/mol. The van der Waals surface area contributed by atoms with E-state index in [4.69, 9.17) is 4.98 Å². The van der Waals surface area contributed by atoms with Crippen LogP contribution in [0.5, 0.6) is 0 Å². The standard InChI is InChI=1S/C37H44FN7O3/c1-24-7-5-8-27-9-6-10-32(34(24)27)43-15-12-29-31(22-43)41-30(35(46)40-25(2)20-42-16-13-37(4,48)23-42)19-33(29)44-17-18-45(36(47)26(3)38)28(21-44)11-14-39/h5-10,19,25,28,48H,3,11-13,15-18,20-23H2,1-2,4H3,(H,40,46)/t25-,28+,37+/m1/s1. The van der Waals surface area contributed by atoms with Crippen molar-refractivity contribution in [3.05, 3.63) is 77.4 Å². The van der Waals surface area contributed by atoms with Gasteiger partial charge in [0.2, 0.25) is 0 Å². The van der Waals surface area contributed by atoms with E-state index < -0.39 is 23.4 Å². The molecule has 2 aromatic carbocycles. The van der Waals surface area contributed by atoms with E-state index in [-0.39, 0.29) is 24.9 Å². The zero-order valence-corrected chi connectivity index (χ0v) is 28.0. The number of β-amino-alcohol motifs (C(OH)–C–C–N with tert-alkyl or cyclic N) is 1. The minimum absolute atomic E-state index is 0.0469. The zero-order valence-electron chi connectivity index (χ0n) is 28.0. The van der Waals surface area contributed by atoms with E-state index >= 15 is 0 Å². The Labute approximate surface area is 281 Å². The van der Waals surface area contributed by atoms with Gasteiger partial charge in [-0.2, -0.15) is 5.26 Å².